The van der Waals surface area contributed by atoms with E-state index in [4.69, 9.17) is 0 Å². The fraction of sp³-hybridized carbons (Fsp3) is 0.407. The second kappa shape index (κ2) is 15.3. The summed E-state index contributed by atoms with van der Waals surface area (Å²) in [6.45, 7) is 10.2. The molecule has 1 saturated carbocycles. The average Bonchev–Trinajstić information content (AvgIpc) is 3.53. The van der Waals surface area contributed by atoms with Gasteiger partial charge in [-0.25, -0.2) is 4.98 Å². The summed E-state index contributed by atoms with van der Waals surface area (Å²) in [6, 6.07) is 21.1. The second-order valence-corrected chi connectivity index (χ2v) is 8.01. The maximum atomic E-state index is 12.3. The summed E-state index contributed by atoms with van der Waals surface area (Å²) in [5, 5.41) is 8.64. The summed E-state index contributed by atoms with van der Waals surface area (Å²) < 4.78 is 0. The van der Waals surface area contributed by atoms with Crippen LogP contribution in [0.1, 0.15) is 58.6 Å². The van der Waals surface area contributed by atoms with Gasteiger partial charge in [-0.05, 0) is 44.4 Å². The monoisotopic (exact) mass is 453 g/mol. The molecule has 4 nitrogen and oxygen atoms in total. The highest BCUT2D eigenvalue weighted by Crippen LogP contribution is 2.48. The van der Waals surface area contributed by atoms with Crippen molar-refractivity contribution in [3.8, 4) is 0 Å². The number of aromatic nitrogens is 1. The molecule has 1 heterocycles. The average molecular weight is 454 g/mol. The largest absolute Gasteiger partial charge is 0.317 e. The first-order valence-electron chi connectivity index (χ1n) is 11.6. The van der Waals surface area contributed by atoms with E-state index in [1.54, 1.807) is 6.20 Å². The van der Waals surface area contributed by atoms with Crippen LogP contribution in [0, 0.1) is 0 Å². The Morgan fingerprint density at radius 3 is 2.03 bits per heavy atom. The van der Waals surface area contributed by atoms with Crippen LogP contribution in [0.25, 0.3) is 0 Å². The second-order valence-electron chi connectivity index (χ2n) is 7.12. The number of likely N-dealkylation sites (N-methyl/N-ethyl adjacent to an activating group) is 1. The van der Waals surface area contributed by atoms with E-state index in [1.807, 2.05) is 76.5 Å². The molecule has 3 aromatic rings. The highest BCUT2D eigenvalue weighted by Gasteiger charge is 2.51. The summed E-state index contributed by atoms with van der Waals surface area (Å²) in [4.78, 5) is 16.3. The Bertz CT molecular complexity index is 847. The molecule has 1 aromatic heterocycles. The first kappa shape index (κ1) is 27.5. The van der Waals surface area contributed by atoms with Gasteiger partial charge in [0.05, 0.1) is 5.41 Å². The minimum Gasteiger partial charge on any atom is -0.317 e. The molecule has 0 aliphatic heterocycles. The lowest BCUT2D eigenvalue weighted by Crippen LogP contribution is -2.27. The smallest absolute Gasteiger partial charge is 0.236 e. The molecular formula is C27H39N3OS. The molecule has 174 valence electrons. The number of hydrogen-bond acceptors (Lipinski definition) is 4. The maximum absolute atomic E-state index is 12.3. The Kier molecular flexibility index (Phi) is 13.2. The van der Waals surface area contributed by atoms with Crippen LogP contribution < -0.4 is 10.6 Å². The SMILES string of the molecule is CC.CC.CNC(C)Cc1ccccc1.O=C(Nc1nccs1)C1(c2ccccc2)CC1. The van der Waals surface area contributed by atoms with E-state index < -0.39 is 0 Å². The maximum Gasteiger partial charge on any atom is 0.236 e. The molecule has 0 saturated heterocycles. The van der Waals surface area contributed by atoms with Crippen LogP contribution in [0.2, 0.25) is 0 Å². The molecule has 1 atom stereocenters. The molecule has 0 spiro atoms. The summed E-state index contributed by atoms with van der Waals surface area (Å²) in [5.74, 6) is 0.0682. The summed E-state index contributed by atoms with van der Waals surface area (Å²) >= 11 is 1.45. The first-order chi connectivity index (χ1) is 15.6. The molecule has 2 aromatic carbocycles. The summed E-state index contributed by atoms with van der Waals surface area (Å²) in [5.41, 5.74) is 2.19. The van der Waals surface area contributed by atoms with Gasteiger partial charge in [0.25, 0.3) is 0 Å². The van der Waals surface area contributed by atoms with E-state index >= 15 is 0 Å². The van der Waals surface area contributed by atoms with Gasteiger partial charge in [0.2, 0.25) is 5.91 Å². The zero-order valence-corrected chi connectivity index (χ0v) is 21.2. The standard InChI is InChI=1S/C13H12N2OS.C10H15N.2C2H6/c16-11(15-12-14-8-9-17-12)13(6-7-13)10-4-2-1-3-5-10;1-9(11-2)8-10-6-4-3-5-7-10;2*1-2/h1-5,8-9H,6-7H2,(H,14,15,16);3-7,9,11H,8H2,1-2H3;2*1-2H3. The molecule has 1 aliphatic rings. The van der Waals surface area contributed by atoms with Gasteiger partial charge >= 0.3 is 0 Å². The molecule has 1 amide bonds. The number of carbonyl (C=O) groups excluding carboxylic acids is 1. The van der Waals surface area contributed by atoms with Crippen molar-refractivity contribution in [3.63, 3.8) is 0 Å². The molecule has 2 N–H and O–H groups in total. The van der Waals surface area contributed by atoms with Gasteiger partial charge in [0.15, 0.2) is 5.13 Å². The van der Waals surface area contributed by atoms with E-state index in [-0.39, 0.29) is 11.3 Å². The lowest BCUT2D eigenvalue weighted by atomic mass is 9.95. The predicted molar refractivity (Wildman–Crippen MR) is 139 cm³/mol. The van der Waals surface area contributed by atoms with E-state index in [0.29, 0.717) is 11.2 Å². The molecule has 1 fully saturated rings. The zero-order valence-electron chi connectivity index (χ0n) is 20.4. The van der Waals surface area contributed by atoms with Gasteiger partial charge in [-0.1, -0.05) is 88.4 Å². The summed E-state index contributed by atoms with van der Waals surface area (Å²) in [6.07, 6.45) is 4.65. The molecule has 0 bridgehead atoms. The van der Waals surface area contributed by atoms with Crippen LogP contribution in [0.5, 0.6) is 0 Å². The predicted octanol–water partition coefficient (Wildman–Crippen LogP) is 6.70. The number of hydrogen-bond donors (Lipinski definition) is 2. The van der Waals surface area contributed by atoms with Gasteiger partial charge in [-0.3, -0.25) is 4.79 Å². The van der Waals surface area contributed by atoms with Gasteiger partial charge in [0, 0.05) is 17.6 Å². The Morgan fingerprint density at radius 1 is 1.00 bits per heavy atom. The van der Waals surface area contributed by atoms with Crippen LogP contribution in [0.4, 0.5) is 5.13 Å². The van der Waals surface area contributed by atoms with Crippen molar-refractivity contribution in [3.05, 3.63) is 83.4 Å². The van der Waals surface area contributed by atoms with Crippen molar-refractivity contribution >= 4 is 22.4 Å². The number of thiazole rings is 1. The quantitative estimate of drug-likeness (QED) is 0.436. The van der Waals surface area contributed by atoms with Gasteiger partial charge in [-0.15, -0.1) is 11.3 Å². The van der Waals surface area contributed by atoms with Gasteiger partial charge < -0.3 is 10.6 Å². The third-order valence-electron chi connectivity index (χ3n) is 5.04. The van der Waals surface area contributed by atoms with Crippen LogP contribution in [-0.4, -0.2) is 24.0 Å². The third kappa shape index (κ3) is 8.56. The lowest BCUT2D eigenvalue weighted by Gasteiger charge is -2.14. The Morgan fingerprint density at radius 2 is 1.56 bits per heavy atom. The normalized spacial score (nSPS) is 13.6. The minimum atomic E-state index is -0.313. The minimum absolute atomic E-state index is 0.0682. The summed E-state index contributed by atoms with van der Waals surface area (Å²) in [7, 11) is 1.99. The number of carbonyl (C=O) groups is 1. The Hall–Kier alpha value is -2.50. The van der Waals surface area contributed by atoms with E-state index in [9.17, 15) is 4.79 Å². The van der Waals surface area contributed by atoms with Crippen molar-refractivity contribution in [1.82, 2.24) is 10.3 Å². The van der Waals surface area contributed by atoms with Gasteiger partial charge in [-0.2, -0.15) is 0 Å². The van der Waals surface area contributed by atoms with Crippen molar-refractivity contribution < 1.29 is 4.79 Å². The van der Waals surface area contributed by atoms with E-state index in [2.05, 4.69) is 46.8 Å². The molecule has 1 unspecified atom stereocenters. The highest BCUT2D eigenvalue weighted by molar-refractivity contribution is 7.13. The topological polar surface area (TPSA) is 54.0 Å². The molecule has 0 radical (unpaired) electrons. The van der Waals surface area contributed by atoms with Crippen LogP contribution in [0.3, 0.4) is 0 Å². The molecule has 4 rings (SSSR count). The van der Waals surface area contributed by atoms with Crippen molar-refractivity contribution in [2.75, 3.05) is 12.4 Å². The zero-order chi connectivity index (χ0) is 23.8. The number of nitrogens with zero attached hydrogens (tertiary/aromatic N) is 1. The van der Waals surface area contributed by atoms with E-state index in [1.165, 1.54) is 16.9 Å². The van der Waals surface area contributed by atoms with Crippen LogP contribution >= 0.6 is 11.3 Å². The number of benzene rings is 2. The first-order valence-corrected chi connectivity index (χ1v) is 12.5. The van der Waals surface area contributed by atoms with Crippen LogP contribution in [0.15, 0.2) is 72.2 Å². The molecule has 1 aliphatic carbocycles. The molecule has 5 heteroatoms. The number of amides is 1. The number of nitrogens with one attached hydrogen (secondary N) is 2. The Labute approximate surface area is 198 Å². The fourth-order valence-electron chi connectivity index (χ4n) is 3.10. The Balaban J connectivity index is 0.000000297. The fourth-order valence-corrected chi connectivity index (χ4v) is 3.62. The third-order valence-corrected chi connectivity index (χ3v) is 5.73. The van der Waals surface area contributed by atoms with Crippen molar-refractivity contribution in [2.45, 2.75) is 65.3 Å². The van der Waals surface area contributed by atoms with Crippen LogP contribution in [-0.2, 0) is 16.6 Å². The van der Waals surface area contributed by atoms with Crippen molar-refractivity contribution in [1.29, 1.82) is 0 Å². The molecule has 32 heavy (non-hydrogen) atoms. The van der Waals surface area contributed by atoms with Gasteiger partial charge in [0.1, 0.15) is 0 Å². The molecular weight excluding hydrogens is 414 g/mol. The highest BCUT2D eigenvalue weighted by atomic mass is 32.1. The number of anilines is 1. The number of rotatable bonds is 6. The van der Waals surface area contributed by atoms with E-state index in [0.717, 1.165) is 24.8 Å². The van der Waals surface area contributed by atoms with Crippen molar-refractivity contribution in [2.24, 2.45) is 0 Å². The lowest BCUT2D eigenvalue weighted by molar-refractivity contribution is -0.118.